The van der Waals surface area contributed by atoms with Crippen molar-refractivity contribution >= 4 is 44.7 Å². The zero-order chi connectivity index (χ0) is 44.8. The van der Waals surface area contributed by atoms with Gasteiger partial charge in [-0.05, 0) is 88.4 Å². The van der Waals surface area contributed by atoms with Crippen LogP contribution < -0.4 is 30.1 Å². The highest BCUT2D eigenvalue weighted by Crippen LogP contribution is 2.46. The third kappa shape index (κ3) is 10.8. The van der Waals surface area contributed by atoms with Crippen LogP contribution in [0.1, 0.15) is 70.9 Å². The second-order valence-electron chi connectivity index (χ2n) is 16.7. The molecule has 1 aromatic heterocycles. The van der Waals surface area contributed by atoms with E-state index in [4.69, 9.17) is 19.2 Å². The third-order valence-electron chi connectivity index (χ3n) is 10.8. The first-order valence-corrected chi connectivity index (χ1v) is 22.4. The van der Waals surface area contributed by atoms with Crippen molar-refractivity contribution in [1.29, 1.82) is 0 Å². The van der Waals surface area contributed by atoms with Crippen LogP contribution >= 0.6 is 0 Å². The van der Waals surface area contributed by atoms with Gasteiger partial charge in [0.25, 0.3) is 15.9 Å². The summed E-state index contributed by atoms with van der Waals surface area (Å²) in [6.45, 7) is 5.13. The summed E-state index contributed by atoms with van der Waals surface area (Å²) >= 11 is 0. The quantitative estimate of drug-likeness (QED) is 0.107. The molecule has 4 aromatic carbocycles. The number of pyridine rings is 1. The summed E-state index contributed by atoms with van der Waals surface area (Å²) in [6.07, 6.45) is 6.05. The van der Waals surface area contributed by atoms with Gasteiger partial charge in [-0.2, -0.15) is 0 Å². The van der Waals surface area contributed by atoms with E-state index in [9.17, 15) is 27.6 Å². The van der Waals surface area contributed by atoms with Gasteiger partial charge in [0.2, 0.25) is 11.8 Å². The smallest absolute Gasteiger partial charge is 0.408 e. The van der Waals surface area contributed by atoms with Crippen LogP contribution in [0.25, 0.3) is 22.2 Å². The van der Waals surface area contributed by atoms with Gasteiger partial charge in [-0.15, -0.1) is 0 Å². The lowest BCUT2D eigenvalue weighted by Gasteiger charge is -2.27. The van der Waals surface area contributed by atoms with E-state index in [0.29, 0.717) is 46.9 Å². The molecule has 4 atom stereocenters. The molecule has 0 spiro atoms. The first-order valence-electron chi connectivity index (χ1n) is 20.9. The van der Waals surface area contributed by atoms with Gasteiger partial charge in [-0.1, -0.05) is 85.7 Å². The number of aromatic nitrogens is 1. The Labute approximate surface area is 366 Å². The topological polar surface area (TPSA) is 191 Å². The van der Waals surface area contributed by atoms with Crippen molar-refractivity contribution in [2.75, 3.05) is 7.11 Å². The molecule has 1 aliphatic carbocycles. The molecule has 1 aliphatic heterocycles. The molecule has 63 heavy (non-hydrogen) atoms. The molecule has 0 saturated heterocycles. The van der Waals surface area contributed by atoms with Gasteiger partial charge < -0.3 is 30.2 Å². The van der Waals surface area contributed by atoms with Crippen LogP contribution in [0.4, 0.5) is 4.79 Å². The molecule has 5 aromatic rings. The van der Waals surface area contributed by atoms with Gasteiger partial charge in [-0.25, -0.2) is 22.9 Å². The minimum Gasteiger partial charge on any atom is -0.497 e. The lowest BCUT2D eigenvalue weighted by molar-refractivity contribution is -0.133. The zero-order valence-electron chi connectivity index (χ0n) is 35.6. The first-order chi connectivity index (χ1) is 30.1. The lowest BCUT2D eigenvalue weighted by atomic mass is 10.0. The number of allylic oxidation sites excluding steroid dienone is 1. The Morgan fingerprint density at radius 1 is 0.841 bits per heavy atom. The van der Waals surface area contributed by atoms with Crippen molar-refractivity contribution in [3.05, 3.63) is 127 Å². The van der Waals surface area contributed by atoms with Gasteiger partial charge >= 0.3 is 6.09 Å². The Balaban J connectivity index is 1.22. The number of fused-ring (bicyclic) bond motifs is 2. The minimum atomic E-state index is -4.30. The van der Waals surface area contributed by atoms with E-state index in [2.05, 4.69) is 20.7 Å². The Morgan fingerprint density at radius 2 is 1.54 bits per heavy atom. The zero-order valence-corrected chi connectivity index (χ0v) is 36.4. The normalized spacial score (nSPS) is 21.2. The number of benzene rings is 4. The number of carbonyl (C=O) groups excluding carboxylic acids is 4. The van der Waals surface area contributed by atoms with E-state index in [1.54, 1.807) is 70.3 Å². The van der Waals surface area contributed by atoms with Crippen molar-refractivity contribution in [2.24, 2.45) is 5.92 Å². The monoisotopic (exact) mass is 873 g/mol. The number of amides is 4. The largest absolute Gasteiger partial charge is 0.497 e. The maximum Gasteiger partial charge on any atom is 0.408 e. The molecule has 2 heterocycles. The molecule has 4 N–H and O–H groups in total. The summed E-state index contributed by atoms with van der Waals surface area (Å²) in [5.41, 5.74) is 0.0524. The standard InChI is InChI=1S/C48H51N5O9S/c1-47(2,3)62-46(57)50-38-21-15-7-5-6-12-18-33-30-48(33,45(56)53-63(58,59)36-19-13-9-14-20-36)52-44(55)42(51-43(38)54)32-22-24-34(25-23-32)61-41-29-39(31-16-10-8-11-17-31)49-40-28-35(60-4)26-27-37(40)41/h8-14,16-20,22-29,33,38,42H,5-7,15,21,30H2,1-4H3,(H,50,57)(H,51,54)(H,52,55)(H,53,56)/b18-12-/t33-,38+,42+,48-/m1/s1. The Bertz CT molecular complexity index is 2620. The van der Waals surface area contributed by atoms with Gasteiger partial charge in [0, 0.05) is 29.0 Å². The predicted octanol–water partition coefficient (Wildman–Crippen LogP) is 7.65. The van der Waals surface area contributed by atoms with Crippen LogP contribution in [0.3, 0.4) is 0 Å². The number of methoxy groups -OCH3 is 1. The van der Waals surface area contributed by atoms with Gasteiger partial charge in [-0.3, -0.25) is 14.4 Å². The average molecular weight is 874 g/mol. The maximum atomic E-state index is 14.6. The number of hydrogen-bond acceptors (Lipinski definition) is 10. The van der Waals surface area contributed by atoms with Crippen molar-refractivity contribution < 1.29 is 41.8 Å². The Hall–Kier alpha value is -6.74. The SMILES string of the molecule is COc1ccc2c(Oc3ccc([C@@H]4NC(=O)[C@@H](NC(=O)OC(C)(C)C)CCCCC/C=C\[C@@H]5C[C@@]5(C(=O)NS(=O)(=O)c5ccccc5)NC4=O)cc3)cc(-c3ccccc3)nc2c1. The van der Waals surface area contributed by atoms with Crippen LogP contribution in [0, 0.1) is 5.92 Å². The molecule has 0 unspecified atom stereocenters. The summed E-state index contributed by atoms with van der Waals surface area (Å²) in [5, 5.41) is 9.05. The van der Waals surface area contributed by atoms with Crippen LogP contribution in [-0.4, -0.2) is 61.5 Å². The summed E-state index contributed by atoms with van der Waals surface area (Å²) in [5.74, 6) is -1.31. The second kappa shape index (κ2) is 18.7. The van der Waals surface area contributed by atoms with E-state index in [-0.39, 0.29) is 17.7 Å². The van der Waals surface area contributed by atoms with Crippen molar-refractivity contribution in [1.82, 2.24) is 25.7 Å². The molecule has 14 nitrogen and oxygen atoms in total. The molecule has 1 saturated carbocycles. The van der Waals surface area contributed by atoms with Gasteiger partial charge in [0.05, 0.1) is 23.2 Å². The number of carbonyl (C=O) groups is 4. The fraction of sp³-hybridized carbons (Fsp3) is 0.312. The van der Waals surface area contributed by atoms with E-state index in [1.807, 2.05) is 66.7 Å². The molecule has 0 bridgehead atoms. The Kier molecular flexibility index (Phi) is 13.2. The molecule has 15 heteroatoms. The second-order valence-corrected chi connectivity index (χ2v) is 18.3. The summed E-state index contributed by atoms with van der Waals surface area (Å²) in [6, 6.07) is 28.5. The van der Waals surface area contributed by atoms with Crippen LogP contribution in [-0.2, 0) is 29.1 Å². The summed E-state index contributed by atoms with van der Waals surface area (Å²) in [7, 11) is -2.72. The molecule has 0 radical (unpaired) electrons. The fourth-order valence-corrected chi connectivity index (χ4v) is 8.51. The number of ether oxygens (including phenoxy) is 3. The number of nitrogens with zero attached hydrogens (tertiary/aromatic N) is 1. The fourth-order valence-electron chi connectivity index (χ4n) is 7.45. The maximum absolute atomic E-state index is 14.6. The molecule has 328 valence electrons. The average Bonchev–Trinajstić information content (AvgIpc) is 3.97. The highest BCUT2D eigenvalue weighted by molar-refractivity contribution is 7.90. The molecule has 7 rings (SSSR count). The highest BCUT2D eigenvalue weighted by atomic mass is 32.2. The Morgan fingerprint density at radius 3 is 2.24 bits per heavy atom. The first kappa shape index (κ1) is 44.3. The van der Waals surface area contributed by atoms with Crippen molar-refractivity contribution in [2.45, 2.75) is 87.4 Å². The molecular formula is C48H51N5O9S. The van der Waals surface area contributed by atoms with Crippen LogP contribution in [0.5, 0.6) is 17.2 Å². The number of hydrogen-bond donors (Lipinski definition) is 4. The summed E-state index contributed by atoms with van der Waals surface area (Å²) in [4.78, 5) is 60.6. The molecule has 4 amide bonds. The lowest BCUT2D eigenvalue weighted by Crippen LogP contribution is -2.56. The number of sulfonamides is 1. The van der Waals surface area contributed by atoms with Crippen molar-refractivity contribution in [3.63, 3.8) is 0 Å². The highest BCUT2D eigenvalue weighted by Gasteiger charge is 2.61. The van der Waals surface area contributed by atoms with Crippen LogP contribution in [0.15, 0.2) is 126 Å². The van der Waals surface area contributed by atoms with E-state index in [0.717, 1.165) is 23.8 Å². The van der Waals surface area contributed by atoms with E-state index < -0.39 is 63.0 Å². The molecule has 1 fully saturated rings. The molecular weight excluding hydrogens is 823 g/mol. The predicted molar refractivity (Wildman–Crippen MR) is 237 cm³/mol. The minimum absolute atomic E-state index is 0.113. The summed E-state index contributed by atoms with van der Waals surface area (Å²) < 4.78 is 46.3. The van der Waals surface area contributed by atoms with E-state index >= 15 is 0 Å². The van der Waals surface area contributed by atoms with E-state index in [1.165, 1.54) is 12.1 Å². The van der Waals surface area contributed by atoms with Crippen LogP contribution in [0.2, 0.25) is 0 Å². The number of rotatable bonds is 9. The van der Waals surface area contributed by atoms with Gasteiger partial charge in [0.15, 0.2) is 0 Å². The molecule has 2 aliphatic rings. The third-order valence-corrected chi connectivity index (χ3v) is 12.2. The van der Waals surface area contributed by atoms with Crippen molar-refractivity contribution in [3.8, 4) is 28.5 Å². The van der Waals surface area contributed by atoms with Gasteiger partial charge in [0.1, 0.15) is 40.5 Å². The number of alkyl carbamates (subject to hydrolysis) is 1. The number of nitrogens with one attached hydrogen (secondary N) is 4.